The highest BCUT2D eigenvalue weighted by molar-refractivity contribution is 5.94. The highest BCUT2D eigenvalue weighted by Crippen LogP contribution is 2.23. The van der Waals surface area contributed by atoms with E-state index in [2.05, 4.69) is 15.2 Å². The highest BCUT2D eigenvalue weighted by atomic mass is 16.5. The van der Waals surface area contributed by atoms with Crippen LogP contribution in [0.4, 0.5) is 0 Å². The van der Waals surface area contributed by atoms with Crippen molar-refractivity contribution in [2.75, 3.05) is 26.2 Å². The molecule has 1 saturated heterocycles. The van der Waals surface area contributed by atoms with Crippen molar-refractivity contribution >= 4 is 5.91 Å². The molecular weight excluding hydrogens is 378 g/mol. The zero-order chi connectivity index (χ0) is 20.8. The number of nitrogens with zero attached hydrogens (tertiary/aromatic N) is 2. The summed E-state index contributed by atoms with van der Waals surface area (Å²) in [6.07, 6.45) is 2.52. The van der Waals surface area contributed by atoms with Gasteiger partial charge in [-0.05, 0) is 69.3 Å². The number of hydrogen-bond donors (Lipinski definition) is 1. The Hall–Kier alpha value is -3.12. The van der Waals surface area contributed by atoms with Crippen LogP contribution in [0, 0.1) is 6.92 Å². The molecule has 0 unspecified atom stereocenters. The molecule has 3 aromatic rings. The molecule has 6 heteroatoms. The summed E-state index contributed by atoms with van der Waals surface area (Å²) in [5.41, 5.74) is 2.23. The molecule has 1 aromatic heterocycles. The Kier molecular flexibility index (Phi) is 6.44. The summed E-state index contributed by atoms with van der Waals surface area (Å²) in [5, 5.41) is 2.99. The predicted molar refractivity (Wildman–Crippen MR) is 115 cm³/mol. The molecule has 0 atom stereocenters. The van der Waals surface area contributed by atoms with Crippen molar-refractivity contribution in [1.29, 1.82) is 0 Å². The van der Waals surface area contributed by atoms with Crippen LogP contribution in [0.5, 0.6) is 5.75 Å². The molecular formula is C24H27N3O3. The molecule has 6 nitrogen and oxygen atoms in total. The molecule has 1 aliphatic rings. The van der Waals surface area contributed by atoms with Crippen LogP contribution in [0.2, 0.25) is 0 Å². The number of oxazole rings is 1. The van der Waals surface area contributed by atoms with Gasteiger partial charge in [-0.1, -0.05) is 18.2 Å². The average Bonchev–Trinajstić information content (AvgIpc) is 3.43. The van der Waals surface area contributed by atoms with E-state index in [1.165, 1.54) is 12.8 Å². The van der Waals surface area contributed by atoms with E-state index in [4.69, 9.17) is 9.15 Å². The van der Waals surface area contributed by atoms with E-state index in [0.717, 1.165) is 42.4 Å². The first-order chi connectivity index (χ1) is 14.7. The van der Waals surface area contributed by atoms with Crippen molar-refractivity contribution in [1.82, 2.24) is 15.2 Å². The van der Waals surface area contributed by atoms with Crippen LogP contribution in [0.1, 0.15) is 34.7 Å². The van der Waals surface area contributed by atoms with E-state index < -0.39 is 0 Å². The van der Waals surface area contributed by atoms with Crippen molar-refractivity contribution in [2.45, 2.75) is 26.4 Å². The number of aryl methyl sites for hydroxylation is 1. The van der Waals surface area contributed by atoms with Gasteiger partial charge in [0.05, 0.1) is 0 Å². The second-order valence-electron chi connectivity index (χ2n) is 7.51. The number of aromatic nitrogens is 1. The number of nitrogens with one attached hydrogen (secondary N) is 1. The third kappa shape index (κ3) is 5.07. The van der Waals surface area contributed by atoms with Crippen LogP contribution in [0.3, 0.4) is 0 Å². The molecule has 0 radical (unpaired) electrons. The normalized spacial score (nSPS) is 14.0. The lowest BCUT2D eigenvalue weighted by atomic mass is 10.1. The number of benzene rings is 2. The van der Waals surface area contributed by atoms with Gasteiger partial charge in [0, 0.05) is 24.2 Å². The Labute approximate surface area is 176 Å². The van der Waals surface area contributed by atoms with Gasteiger partial charge in [0.25, 0.3) is 5.91 Å². The number of hydrogen-bond acceptors (Lipinski definition) is 5. The average molecular weight is 405 g/mol. The van der Waals surface area contributed by atoms with Crippen LogP contribution in [0.25, 0.3) is 11.5 Å². The maximum Gasteiger partial charge on any atom is 0.251 e. The molecule has 0 bridgehead atoms. The summed E-state index contributed by atoms with van der Waals surface area (Å²) in [7, 11) is 0. The van der Waals surface area contributed by atoms with Gasteiger partial charge in [0.2, 0.25) is 5.89 Å². The first kappa shape index (κ1) is 20.2. The summed E-state index contributed by atoms with van der Waals surface area (Å²) in [5.74, 6) is 1.99. The molecule has 2 aromatic carbocycles. The quantitative estimate of drug-likeness (QED) is 0.612. The molecule has 1 amide bonds. The maximum atomic E-state index is 12.4. The molecule has 0 saturated carbocycles. The summed E-state index contributed by atoms with van der Waals surface area (Å²) < 4.78 is 11.6. The van der Waals surface area contributed by atoms with Gasteiger partial charge in [-0.15, -0.1) is 0 Å². The van der Waals surface area contributed by atoms with Crippen LogP contribution in [-0.2, 0) is 6.61 Å². The number of amides is 1. The number of para-hydroxylation sites is 1. The molecule has 4 rings (SSSR count). The van der Waals surface area contributed by atoms with Crippen LogP contribution >= 0.6 is 0 Å². The van der Waals surface area contributed by atoms with E-state index >= 15 is 0 Å². The first-order valence-electron chi connectivity index (χ1n) is 10.4. The summed E-state index contributed by atoms with van der Waals surface area (Å²) >= 11 is 0. The van der Waals surface area contributed by atoms with Crippen LogP contribution < -0.4 is 10.1 Å². The van der Waals surface area contributed by atoms with Gasteiger partial charge in [0.1, 0.15) is 23.8 Å². The number of likely N-dealkylation sites (tertiary alicyclic amines) is 1. The van der Waals surface area contributed by atoms with Crippen molar-refractivity contribution < 1.29 is 13.9 Å². The highest BCUT2D eigenvalue weighted by Gasteiger charge is 2.14. The molecule has 0 aliphatic carbocycles. The monoisotopic (exact) mass is 405 g/mol. The Morgan fingerprint density at radius 3 is 2.57 bits per heavy atom. The van der Waals surface area contributed by atoms with Gasteiger partial charge in [-0.25, -0.2) is 4.98 Å². The fourth-order valence-corrected chi connectivity index (χ4v) is 3.55. The maximum absolute atomic E-state index is 12.4. The number of ether oxygens (including phenoxy) is 1. The Morgan fingerprint density at radius 2 is 1.83 bits per heavy atom. The summed E-state index contributed by atoms with van der Waals surface area (Å²) in [4.78, 5) is 19.3. The lowest BCUT2D eigenvalue weighted by Crippen LogP contribution is -2.33. The lowest BCUT2D eigenvalue weighted by molar-refractivity contribution is 0.0949. The van der Waals surface area contributed by atoms with E-state index in [1.807, 2.05) is 49.4 Å². The van der Waals surface area contributed by atoms with Gasteiger partial charge in [0.15, 0.2) is 0 Å². The van der Waals surface area contributed by atoms with Gasteiger partial charge in [-0.2, -0.15) is 0 Å². The standard InChI is InChI=1S/C24H27N3O3/c1-18-22(17-29-21-7-3-2-4-8-21)26-24(30-18)20-11-9-19(10-12-20)23(28)25-13-16-27-14-5-6-15-27/h2-4,7-12H,5-6,13-17H2,1H3,(H,25,28). The van der Waals surface area contributed by atoms with Crippen LogP contribution in [0.15, 0.2) is 59.0 Å². The van der Waals surface area contributed by atoms with Crippen molar-refractivity contribution in [3.05, 3.63) is 71.6 Å². The SMILES string of the molecule is Cc1oc(-c2ccc(C(=O)NCCN3CCCC3)cc2)nc1COc1ccccc1. The largest absolute Gasteiger partial charge is 0.487 e. The van der Waals surface area contributed by atoms with E-state index in [9.17, 15) is 4.79 Å². The Balaban J connectivity index is 1.33. The van der Waals surface area contributed by atoms with Crippen molar-refractivity contribution in [3.8, 4) is 17.2 Å². The fraction of sp³-hybridized carbons (Fsp3) is 0.333. The van der Waals surface area contributed by atoms with Gasteiger partial charge in [-0.3, -0.25) is 4.79 Å². The first-order valence-corrected chi connectivity index (χ1v) is 10.4. The second kappa shape index (κ2) is 9.59. The zero-order valence-electron chi connectivity index (χ0n) is 17.3. The van der Waals surface area contributed by atoms with Gasteiger partial charge >= 0.3 is 0 Å². The Morgan fingerprint density at radius 1 is 1.10 bits per heavy atom. The van der Waals surface area contributed by atoms with E-state index in [1.54, 1.807) is 12.1 Å². The van der Waals surface area contributed by atoms with Crippen molar-refractivity contribution in [2.24, 2.45) is 0 Å². The molecule has 1 fully saturated rings. The fourth-order valence-electron chi connectivity index (χ4n) is 3.55. The minimum atomic E-state index is -0.0544. The topological polar surface area (TPSA) is 67.6 Å². The summed E-state index contributed by atoms with van der Waals surface area (Å²) in [6, 6.07) is 17.0. The molecule has 1 aliphatic heterocycles. The Bertz CT molecular complexity index is 961. The predicted octanol–water partition coefficient (Wildman–Crippen LogP) is 4.05. The smallest absolute Gasteiger partial charge is 0.251 e. The molecule has 0 spiro atoms. The van der Waals surface area contributed by atoms with Crippen LogP contribution in [-0.4, -0.2) is 42.0 Å². The van der Waals surface area contributed by atoms with E-state index in [0.29, 0.717) is 24.6 Å². The summed E-state index contributed by atoms with van der Waals surface area (Å²) in [6.45, 7) is 6.08. The number of carbonyl (C=O) groups excluding carboxylic acids is 1. The van der Waals surface area contributed by atoms with Crippen molar-refractivity contribution in [3.63, 3.8) is 0 Å². The lowest BCUT2D eigenvalue weighted by Gasteiger charge is -2.14. The minimum Gasteiger partial charge on any atom is -0.487 e. The van der Waals surface area contributed by atoms with Gasteiger partial charge < -0.3 is 19.4 Å². The third-order valence-electron chi connectivity index (χ3n) is 5.32. The zero-order valence-corrected chi connectivity index (χ0v) is 17.3. The number of carbonyl (C=O) groups is 1. The molecule has 1 N–H and O–H groups in total. The molecule has 156 valence electrons. The molecule has 30 heavy (non-hydrogen) atoms. The third-order valence-corrected chi connectivity index (χ3v) is 5.32. The minimum absolute atomic E-state index is 0.0544. The molecule has 2 heterocycles. The second-order valence-corrected chi connectivity index (χ2v) is 7.51. The van der Waals surface area contributed by atoms with E-state index in [-0.39, 0.29) is 5.91 Å². The number of rotatable bonds is 8.